The molecule has 0 aliphatic heterocycles. The van der Waals surface area contributed by atoms with Gasteiger partial charge in [0, 0.05) is 26.5 Å². The van der Waals surface area contributed by atoms with Crippen LogP contribution >= 0.6 is 0 Å². The average molecular weight is 185 g/mol. The second-order valence-corrected chi connectivity index (χ2v) is 2.54. The molecule has 6 N–H and O–H groups in total. The van der Waals surface area contributed by atoms with Gasteiger partial charge in [-0.15, -0.1) is 0 Å². The maximum atomic E-state index is 5.53. The summed E-state index contributed by atoms with van der Waals surface area (Å²) in [4.78, 5) is 0. The van der Waals surface area contributed by atoms with E-state index in [2.05, 4.69) is 5.32 Å². The minimum Gasteiger partial charge on any atom is -0.399 e. The smallest absolute Gasteiger partial charge is 0.0635 e. The first-order valence-electron chi connectivity index (χ1n) is 3.91. The summed E-state index contributed by atoms with van der Waals surface area (Å²) in [5.41, 5.74) is 7.38. The van der Waals surface area contributed by atoms with E-state index in [1.54, 1.807) is 7.11 Å². The predicted molar refractivity (Wildman–Crippen MR) is 58.4 cm³/mol. The molecule has 1 aromatic rings. The Balaban J connectivity index is 0. The molecule has 0 unspecified atom stereocenters. The van der Waals surface area contributed by atoms with Crippen LogP contribution in [0.25, 0.3) is 0 Å². The van der Waals surface area contributed by atoms with Gasteiger partial charge in [0.2, 0.25) is 0 Å². The van der Waals surface area contributed by atoms with E-state index >= 15 is 0 Å². The first-order chi connectivity index (χ1) is 5.83. The third-order valence-electron chi connectivity index (χ3n) is 1.55. The van der Waals surface area contributed by atoms with Crippen LogP contribution in [0.5, 0.6) is 0 Å². The van der Waals surface area contributed by atoms with E-state index < -0.39 is 0 Å². The summed E-state index contributed by atoms with van der Waals surface area (Å²) in [6.07, 6.45) is 0. The van der Waals surface area contributed by atoms with Gasteiger partial charge in [-0.25, -0.2) is 0 Å². The van der Waals surface area contributed by atoms with E-state index in [0.717, 1.165) is 17.9 Å². The maximum Gasteiger partial charge on any atom is 0.0635 e. The third-order valence-corrected chi connectivity index (χ3v) is 1.55. The highest BCUT2D eigenvalue weighted by Gasteiger charge is 1.89. The Kier molecular flexibility index (Phi) is 5.67. The van der Waals surface area contributed by atoms with Gasteiger partial charge >= 0.3 is 0 Å². The molecule has 0 atom stereocenters. The highest BCUT2D eigenvalue weighted by atomic mass is 16.5. The Morgan fingerprint density at radius 2 is 2.00 bits per heavy atom. The number of methoxy groups -OCH3 is 1. The molecule has 0 radical (unpaired) electrons. The summed E-state index contributed by atoms with van der Waals surface area (Å²) in [6.45, 7) is 1.53. The van der Waals surface area contributed by atoms with E-state index in [9.17, 15) is 0 Å². The topological polar surface area (TPSA) is 82.3 Å². The molecule has 1 rings (SSSR count). The zero-order valence-corrected chi connectivity index (χ0v) is 7.92. The van der Waals surface area contributed by atoms with Crippen LogP contribution in [0.1, 0.15) is 1.43 Å². The summed E-state index contributed by atoms with van der Waals surface area (Å²) in [6, 6.07) is 7.64. The fourth-order valence-corrected chi connectivity index (χ4v) is 0.898. The number of nitrogens with one attached hydrogen (secondary N) is 1. The molecular weight excluding hydrogens is 166 g/mol. The summed E-state index contributed by atoms with van der Waals surface area (Å²) in [5, 5.41) is 3.19. The van der Waals surface area contributed by atoms with Gasteiger partial charge in [0.15, 0.2) is 0 Å². The second-order valence-electron chi connectivity index (χ2n) is 2.54. The first-order valence-corrected chi connectivity index (χ1v) is 3.91. The van der Waals surface area contributed by atoms with Crippen molar-refractivity contribution in [2.75, 3.05) is 31.3 Å². The number of nitrogen functional groups attached to an aromatic ring is 1. The number of benzene rings is 1. The normalized spacial score (nSPS) is 9.00. The van der Waals surface area contributed by atoms with E-state index in [1.165, 1.54) is 0 Å². The number of hydrogen-bond donors (Lipinski definition) is 3. The molecule has 0 aliphatic carbocycles. The first kappa shape index (κ1) is 11.7. The van der Waals surface area contributed by atoms with Crippen molar-refractivity contribution in [1.82, 2.24) is 6.15 Å². The molecule has 1 aromatic carbocycles. The van der Waals surface area contributed by atoms with Crippen molar-refractivity contribution in [3.8, 4) is 0 Å². The SMILES string of the molecule is COCCNc1ccc(N)cc1.N.[HH]. The van der Waals surface area contributed by atoms with E-state index in [0.29, 0.717) is 6.61 Å². The van der Waals surface area contributed by atoms with E-state index in [1.807, 2.05) is 24.3 Å². The summed E-state index contributed by atoms with van der Waals surface area (Å²) in [5.74, 6) is 0. The Morgan fingerprint density at radius 3 is 2.54 bits per heavy atom. The van der Waals surface area contributed by atoms with Crippen molar-refractivity contribution < 1.29 is 6.16 Å². The summed E-state index contributed by atoms with van der Waals surface area (Å²) in [7, 11) is 1.69. The second kappa shape index (κ2) is 6.28. The summed E-state index contributed by atoms with van der Waals surface area (Å²) < 4.78 is 4.90. The van der Waals surface area contributed by atoms with Crippen molar-refractivity contribution in [2.24, 2.45) is 0 Å². The number of hydrogen-bond acceptors (Lipinski definition) is 4. The Labute approximate surface area is 80.2 Å². The Bertz CT molecular complexity index is 228. The van der Waals surface area contributed by atoms with Crippen LogP contribution in [0.4, 0.5) is 11.4 Å². The molecular formula is C9H19N3O. The average Bonchev–Trinajstić information content (AvgIpc) is 2.09. The number of anilines is 2. The molecule has 0 heterocycles. The van der Waals surface area contributed by atoms with Crippen LogP contribution in [0.15, 0.2) is 24.3 Å². The molecule has 0 spiro atoms. The lowest BCUT2D eigenvalue weighted by Gasteiger charge is -2.04. The van der Waals surface area contributed by atoms with Gasteiger partial charge in [-0.3, -0.25) is 0 Å². The third kappa shape index (κ3) is 4.35. The minimum absolute atomic E-state index is 0. The minimum atomic E-state index is 0. The lowest BCUT2D eigenvalue weighted by atomic mass is 10.3. The Hall–Kier alpha value is -1.26. The highest BCUT2D eigenvalue weighted by Crippen LogP contribution is 2.09. The van der Waals surface area contributed by atoms with E-state index in [4.69, 9.17) is 10.5 Å². The molecule has 0 saturated heterocycles. The van der Waals surface area contributed by atoms with Gasteiger partial charge < -0.3 is 21.9 Å². The van der Waals surface area contributed by atoms with Crippen LogP contribution in [0, 0.1) is 0 Å². The van der Waals surface area contributed by atoms with Crippen LogP contribution in [-0.2, 0) is 4.74 Å². The van der Waals surface area contributed by atoms with Crippen LogP contribution in [0.3, 0.4) is 0 Å². The fourth-order valence-electron chi connectivity index (χ4n) is 0.898. The predicted octanol–water partition coefficient (Wildman–Crippen LogP) is 1.74. The fraction of sp³-hybridized carbons (Fsp3) is 0.333. The number of nitrogens with two attached hydrogens (primary N) is 1. The van der Waals surface area contributed by atoms with Gasteiger partial charge in [-0.2, -0.15) is 0 Å². The Morgan fingerprint density at radius 1 is 1.38 bits per heavy atom. The number of ether oxygens (including phenoxy) is 1. The molecule has 0 bridgehead atoms. The van der Waals surface area contributed by atoms with Crippen LogP contribution in [-0.4, -0.2) is 20.3 Å². The van der Waals surface area contributed by atoms with Crippen molar-refractivity contribution in [2.45, 2.75) is 0 Å². The lowest BCUT2D eigenvalue weighted by molar-refractivity contribution is 0.211. The molecule has 4 heteroatoms. The molecule has 13 heavy (non-hydrogen) atoms. The van der Waals surface area contributed by atoms with E-state index in [-0.39, 0.29) is 7.58 Å². The maximum absolute atomic E-state index is 5.53. The number of rotatable bonds is 4. The van der Waals surface area contributed by atoms with Gasteiger partial charge in [0.05, 0.1) is 6.61 Å². The summed E-state index contributed by atoms with van der Waals surface area (Å²) >= 11 is 0. The van der Waals surface area contributed by atoms with Crippen molar-refractivity contribution in [1.29, 1.82) is 0 Å². The zero-order valence-electron chi connectivity index (χ0n) is 7.92. The van der Waals surface area contributed by atoms with Crippen molar-refractivity contribution in [3.63, 3.8) is 0 Å². The molecule has 0 fully saturated rings. The lowest BCUT2D eigenvalue weighted by Crippen LogP contribution is -2.07. The molecule has 0 aromatic heterocycles. The van der Waals surface area contributed by atoms with Gasteiger partial charge in [-0.05, 0) is 24.3 Å². The monoisotopic (exact) mass is 185 g/mol. The standard InChI is InChI=1S/C9H14N2O.H3N.H2/c1-12-7-6-11-9-4-2-8(10)3-5-9;;/h2-5,11H,6-7,10H2,1H3;1H3;1H. The van der Waals surface area contributed by atoms with Gasteiger partial charge in [0.1, 0.15) is 0 Å². The van der Waals surface area contributed by atoms with Crippen LogP contribution < -0.4 is 17.2 Å². The molecule has 0 aliphatic rings. The van der Waals surface area contributed by atoms with Crippen molar-refractivity contribution >= 4 is 11.4 Å². The van der Waals surface area contributed by atoms with Crippen LogP contribution in [0.2, 0.25) is 0 Å². The zero-order chi connectivity index (χ0) is 8.81. The largest absolute Gasteiger partial charge is 0.399 e. The molecule has 0 saturated carbocycles. The molecule has 76 valence electrons. The quantitative estimate of drug-likeness (QED) is 0.493. The molecule has 0 amide bonds. The van der Waals surface area contributed by atoms with Gasteiger partial charge in [0.25, 0.3) is 0 Å². The van der Waals surface area contributed by atoms with Gasteiger partial charge in [-0.1, -0.05) is 0 Å². The molecule has 4 nitrogen and oxygen atoms in total. The highest BCUT2D eigenvalue weighted by molar-refractivity contribution is 5.51. The van der Waals surface area contributed by atoms with Crippen molar-refractivity contribution in [3.05, 3.63) is 24.3 Å².